The number of H-pyrrole nitrogens is 1. The summed E-state index contributed by atoms with van der Waals surface area (Å²) in [4.78, 5) is 36.9. The van der Waals surface area contributed by atoms with E-state index in [1.54, 1.807) is 18.2 Å². The molecule has 8 heteroatoms. The van der Waals surface area contributed by atoms with Gasteiger partial charge in [0.2, 0.25) is 5.91 Å². The second kappa shape index (κ2) is 8.00. The Bertz CT molecular complexity index is 825. The smallest absolute Gasteiger partial charge is 0.328 e. The molecule has 0 atom stereocenters. The van der Waals surface area contributed by atoms with Crippen molar-refractivity contribution in [3.8, 4) is 11.5 Å². The van der Waals surface area contributed by atoms with Gasteiger partial charge in [-0.15, -0.1) is 0 Å². The van der Waals surface area contributed by atoms with Gasteiger partial charge in [-0.05, 0) is 26.0 Å². The van der Waals surface area contributed by atoms with Crippen LogP contribution < -0.4 is 26.0 Å². The number of anilines is 1. The highest BCUT2D eigenvalue weighted by Crippen LogP contribution is 2.29. The number of aromatic amines is 1. The molecule has 0 unspecified atom stereocenters. The van der Waals surface area contributed by atoms with Crippen LogP contribution in [0.5, 0.6) is 11.5 Å². The van der Waals surface area contributed by atoms with E-state index in [9.17, 15) is 14.4 Å². The number of rotatable bonds is 7. The van der Waals surface area contributed by atoms with Crippen LogP contribution in [0.2, 0.25) is 0 Å². The van der Waals surface area contributed by atoms with E-state index in [1.807, 2.05) is 13.8 Å². The predicted octanol–water partition coefficient (Wildman–Crippen LogP) is 0.973. The van der Waals surface area contributed by atoms with Crippen molar-refractivity contribution in [3.63, 3.8) is 0 Å². The number of carbonyl (C=O) groups excluding carboxylic acids is 1. The van der Waals surface area contributed by atoms with E-state index in [4.69, 9.17) is 9.47 Å². The molecule has 1 heterocycles. The van der Waals surface area contributed by atoms with Crippen LogP contribution in [0.1, 0.15) is 13.8 Å². The largest absolute Gasteiger partial charge is 0.494 e. The molecule has 0 bridgehead atoms. The SMILES string of the molecule is CCOc1ccc(OCC)c(NC(=O)Cn2ccc(=O)[nH]c2=O)c1. The van der Waals surface area contributed by atoms with Gasteiger partial charge < -0.3 is 14.8 Å². The zero-order valence-corrected chi connectivity index (χ0v) is 13.5. The molecule has 0 aliphatic heterocycles. The summed E-state index contributed by atoms with van der Waals surface area (Å²) in [6.45, 7) is 4.39. The molecule has 1 amide bonds. The molecule has 8 nitrogen and oxygen atoms in total. The number of nitrogens with one attached hydrogen (secondary N) is 2. The molecule has 0 spiro atoms. The van der Waals surface area contributed by atoms with E-state index < -0.39 is 17.2 Å². The third-order valence-electron chi connectivity index (χ3n) is 3.05. The van der Waals surface area contributed by atoms with E-state index in [0.29, 0.717) is 30.4 Å². The second-order valence-electron chi connectivity index (χ2n) is 4.81. The van der Waals surface area contributed by atoms with Crippen LogP contribution in [0.15, 0.2) is 40.1 Å². The Hall–Kier alpha value is -3.03. The van der Waals surface area contributed by atoms with E-state index >= 15 is 0 Å². The summed E-state index contributed by atoms with van der Waals surface area (Å²) in [5.41, 5.74) is -0.712. The first kappa shape index (κ1) is 17.3. The first-order valence-corrected chi connectivity index (χ1v) is 7.52. The minimum atomic E-state index is -0.647. The van der Waals surface area contributed by atoms with Crippen molar-refractivity contribution in [2.75, 3.05) is 18.5 Å². The zero-order valence-electron chi connectivity index (χ0n) is 13.5. The average Bonchev–Trinajstić information content (AvgIpc) is 2.53. The Morgan fingerprint density at radius 3 is 2.58 bits per heavy atom. The highest BCUT2D eigenvalue weighted by atomic mass is 16.5. The van der Waals surface area contributed by atoms with Crippen LogP contribution in [0.25, 0.3) is 0 Å². The molecule has 128 valence electrons. The summed E-state index contributed by atoms with van der Waals surface area (Å²) in [5.74, 6) is 0.666. The Balaban J connectivity index is 2.18. The predicted molar refractivity (Wildman–Crippen MR) is 88.7 cm³/mol. The lowest BCUT2D eigenvalue weighted by Crippen LogP contribution is -2.32. The third kappa shape index (κ3) is 4.48. The molecule has 0 aliphatic carbocycles. The third-order valence-corrected chi connectivity index (χ3v) is 3.05. The fourth-order valence-corrected chi connectivity index (χ4v) is 2.06. The van der Waals surface area contributed by atoms with E-state index in [0.717, 1.165) is 4.57 Å². The number of hydrogen-bond acceptors (Lipinski definition) is 5. The van der Waals surface area contributed by atoms with Crippen LogP contribution in [0, 0.1) is 0 Å². The minimum absolute atomic E-state index is 0.236. The van der Waals surface area contributed by atoms with E-state index in [1.165, 1.54) is 12.3 Å². The molecule has 0 fully saturated rings. The van der Waals surface area contributed by atoms with Gasteiger partial charge in [0.1, 0.15) is 18.0 Å². The number of amides is 1. The standard InChI is InChI=1S/C16H19N3O5/c1-3-23-11-5-6-13(24-4-2)12(9-11)17-15(21)10-19-8-7-14(20)18-16(19)22/h5-9H,3-4,10H2,1-2H3,(H,17,21)(H,18,20,22). The molecular formula is C16H19N3O5. The molecule has 0 aliphatic rings. The summed E-state index contributed by atoms with van der Waals surface area (Å²) < 4.78 is 12.0. The van der Waals surface area contributed by atoms with Crippen molar-refractivity contribution in [1.29, 1.82) is 0 Å². The molecule has 1 aromatic heterocycles. The van der Waals surface area contributed by atoms with Gasteiger partial charge in [0.15, 0.2) is 0 Å². The summed E-state index contributed by atoms with van der Waals surface area (Å²) in [6.07, 6.45) is 1.26. The Labute approximate surface area is 138 Å². The van der Waals surface area contributed by atoms with Crippen molar-refractivity contribution in [3.05, 3.63) is 51.3 Å². The molecule has 0 saturated carbocycles. The van der Waals surface area contributed by atoms with Gasteiger partial charge in [0, 0.05) is 18.3 Å². The van der Waals surface area contributed by atoms with Crippen molar-refractivity contribution >= 4 is 11.6 Å². The van der Waals surface area contributed by atoms with Crippen LogP contribution in [-0.4, -0.2) is 28.7 Å². The van der Waals surface area contributed by atoms with Gasteiger partial charge in [-0.25, -0.2) is 4.79 Å². The Morgan fingerprint density at radius 2 is 1.92 bits per heavy atom. The molecule has 0 saturated heterocycles. The fraction of sp³-hybridized carbons (Fsp3) is 0.312. The monoisotopic (exact) mass is 333 g/mol. The van der Waals surface area contributed by atoms with Crippen molar-refractivity contribution in [2.45, 2.75) is 20.4 Å². The van der Waals surface area contributed by atoms with Gasteiger partial charge in [-0.2, -0.15) is 0 Å². The number of nitrogens with zero attached hydrogens (tertiary/aromatic N) is 1. The highest BCUT2D eigenvalue weighted by Gasteiger charge is 2.11. The van der Waals surface area contributed by atoms with Crippen molar-refractivity contribution in [1.82, 2.24) is 9.55 Å². The number of hydrogen-bond donors (Lipinski definition) is 2. The molecule has 24 heavy (non-hydrogen) atoms. The van der Waals surface area contributed by atoms with Gasteiger partial charge in [0.25, 0.3) is 5.56 Å². The van der Waals surface area contributed by atoms with Crippen molar-refractivity contribution in [2.24, 2.45) is 0 Å². The summed E-state index contributed by atoms with van der Waals surface area (Å²) in [7, 11) is 0. The molecule has 2 rings (SSSR count). The van der Waals surface area contributed by atoms with Crippen LogP contribution >= 0.6 is 0 Å². The van der Waals surface area contributed by atoms with E-state index in [2.05, 4.69) is 10.3 Å². The summed E-state index contributed by atoms with van der Waals surface area (Å²) in [5, 5.41) is 2.69. The average molecular weight is 333 g/mol. The molecule has 2 aromatic rings. The highest BCUT2D eigenvalue weighted by molar-refractivity contribution is 5.92. The van der Waals surface area contributed by atoms with Gasteiger partial charge in [0.05, 0.1) is 18.9 Å². The minimum Gasteiger partial charge on any atom is -0.494 e. The first-order valence-electron chi connectivity index (χ1n) is 7.52. The van der Waals surface area contributed by atoms with Gasteiger partial charge in [-0.3, -0.25) is 19.1 Å². The Kier molecular flexibility index (Phi) is 5.78. The van der Waals surface area contributed by atoms with E-state index in [-0.39, 0.29) is 6.54 Å². The second-order valence-corrected chi connectivity index (χ2v) is 4.81. The molecule has 2 N–H and O–H groups in total. The number of ether oxygens (including phenoxy) is 2. The zero-order chi connectivity index (χ0) is 17.5. The molecular weight excluding hydrogens is 314 g/mol. The number of carbonyl (C=O) groups is 1. The van der Waals surface area contributed by atoms with Crippen LogP contribution in [0.4, 0.5) is 5.69 Å². The van der Waals surface area contributed by atoms with Gasteiger partial charge >= 0.3 is 5.69 Å². The molecule has 0 radical (unpaired) electrons. The lowest BCUT2D eigenvalue weighted by molar-refractivity contribution is -0.116. The van der Waals surface area contributed by atoms with Crippen molar-refractivity contribution < 1.29 is 14.3 Å². The Morgan fingerprint density at radius 1 is 1.17 bits per heavy atom. The number of aromatic nitrogens is 2. The lowest BCUT2D eigenvalue weighted by atomic mass is 10.2. The van der Waals surface area contributed by atoms with Gasteiger partial charge in [-0.1, -0.05) is 0 Å². The maximum atomic E-state index is 12.2. The normalized spacial score (nSPS) is 10.2. The van der Waals surface area contributed by atoms with Crippen LogP contribution in [0.3, 0.4) is 0 Å². The van der Waals surface area contributed by atoms with Crippen LogP contribution in [-0.2, 0) is 11.3 Å². The topological polar surface area (TPSA) is 102 Å². The summed E-state index contributed by atoms with van der Waals surface area (Å²) in [6, 6.07) is 6.28. The quantitative estimate of drug-likeness (QED) is 0.786. The molecule has 1 aromatic carbocycles. The maximum Gasteiger partial charge on any atom is 0.328 e. The maximum absolute atomic E-state index is 12.2. The lowest BCUT2D eigenvalue weighted by Gasteiger charge is -2.14. The first-order chi connectivity index (χ1) is 11.5. The summed E-state index contributed by atoms with van der Waals surface area (Å²) >= 11 is 0. The number of benzene rings is 1. The fourth-order valence-electron chi connectivity index (χ4n) is 2.06.